The molecule has 0 saturated carbocycles. The number of benzene rings is 1. The summed E-state index contributed by atoms with van der Waals surface area (Å²) in [6.07, 6.45) is 4.83. The van der Waals surface area contributed by atoms with E-state index in [4.69, 9.17) is 11.6 Å². The molecule has 14 heteroatoms. The van der Waals surface area contributed by atoms with E-state index < -0.39 is 15.5 Å². The summed E-state index contributed by atoms with van der Waals surface area (Å²) in [4.78, 5) is 9.78. The number of unbranched alkanes of at least 4 members (excludes halogenated alkanes) is 2. The van der Waals surface area contributed by atoms with Crippen LogP contribution in [0.15, 0.2) is 34.8 Å². The fourth-order valence-corrected chi connectivity index (χ4v) is 3.48. The first-order valence-corrected chi connectivity index (χ1v) is 12.2. The van der Waals surface area contributed by atoms with Gasteiger partial charge >= 0.3 is 32.3 Å². The molecule has 1 aromatic carbocycles. The van der Waals surface area contributed by atoms with Crippen molar-refractivity contribution in [1.82, 2.24) is 9.97 Å². The molecule has 0 spiro atoms. The number of rotatable bonds is 11. The molecule has 0 unspecified atom stereocenters. The molecule has 1 N–H and O–H groups in total. The molecular weight excluding hydrogens is 540 g/mol. The van der Waals surface area contributed by atoms with Gasteiger partial charge in [0.1, 0.15) is 17.0 Å². The van der Waals surface area contributed by atoms with Crippen LogP contribution in [0.2, 0.25) is 5.02 Å². The van der Waals surface area contributed by atoms with Crippen LogP contribution in [0.1, 0.15) is 45.2 Å². The van der Waals surface area contributed by atoms with E-state index in [9.17, 15) is 21.6 Å². The first-order chi connectivity index (χ1) is 15.5. The molecule has 0 amide bonds. The molecule has 2 aromatic rings. The predicted molar refractivity (Wildman–Crippen MR) is 123 cm³/mol. The summed E-state index contributed by atoms with van der Waals surface area (Å²) in [5.41, 5.74) is -4.95. The summed E-state index contributed by atoms with van der Waals surface area (Å²) in [7, 11) is -5.67. The summed E-state index contributed by atoms with van der Waals surface area (Å²) in [6, 6.07) is 4.40. The summed E-state index contributed by atoms with van der Waals surface area (Å²) in [5.74, 6) is 0.00499. The normalized spacial score (nSPS) is 12.0. The van der Waals surface area contributed by atoms with Gasteiger partial charge in [-0.3, -0.25) is 4.72 Å². The summed E-state index contributed by atoms with van der Waals surface area (Å²) in [6.45, 7) is 7.05. The van der Waals surface area contributed by atoms with Crippen LogP contribution in [0.5, 0.6) is 0 Å². The number of sulfonamides is 1. The van der Waals surface area contributed by atoms with Crippen molar-refractivity contribution < 1.29 is 38.4 Å². The Balaban J connectivity index is 0.00000578. The second kappa shape index (κ2) is 13.2. The monoisotopic (exact) mass is 565 g/mol. The second-order valence-electron chi connectivity index (χ2n) is 7.24. The molecule has 1 aromatic heterocycles. The maximum Gasteiger partial charge on any atom is 2.00 e. The van der Waals surface area contributed by atoms with Crippen LogP contribution in [0.4, 0.5) is 36.1 Å². The van der Waals surface area contributed by atoms with E-state index in [1.165, 1.54) is 18.5 Å². The number of nitrogens with zero attached hydrogens (tertiary/aromatic N) is 5. The average Bonchev–Trinajstić information content (AvgIpc) is 2.74. The zero-order chi connectivity index (χ0) is 24.6. The van der Waals surface area contributed by atoms with Gasteiger partial charge in [0.2, 0.25) is 0 Å². The minimum absolute atomic E-state index is 0. The summed E-state index contributed by atoms with van der Waals surface area (Å²) < 4.78 is 64.3. The van der Waals surface area contributed by atoms with Gasteiger partial charge in [-0.05, 0) is 38.0 Å². The number of anilines is 2. The Hall–Kier alpha value is -1.96. The third-order valence-corrected chi connectivity index (χ3v) is 6.20. The van der Waals surface area contributed by atoms with Crippen LogP contribution < -0.4 is 9.62 Å². The number of aromatic nitrogens is 2. The number of hydrogen-bond acceptors (Lipinski definition) is 7. The minimum Gasteiger partial charge on any atom is -0.371 e. The Kier molecular flexibility index (Phi) is 11.7. The second-order valence-corrected chi connectivity index (χ2v) is 9.30. The Morgan fingerprint density at radius 3 is 2.26 bits per heavy atom. The fraction of sp³-hybridized carbons (Fsp3) is 0.500. The molecule has 0 aliphatic rings. The SMILES string of the molecule is CCCCN(CCCC)c1ccc(N=Nc2ncnc(C)c2Cl)c(NS(=O)(=O)C(F)(F)F)c1.[Co+2]. The van der Waals surface area contributed by atoms with Crippen LogP contribution in [0.25, 0.3) is 0 Å². The van der Waals surface area contributed by atoms with Crippen LogP contribution in [0.3, 0.4) is 0 Å². The van der Waals surface area contributed by atoms with Gasteiger partial charge in [-0.1, -0.05) is 38.3 Å². The average molecular weight is 566 g/mol. The van der Waals surface area contributed by atoms with Gasteiger partial charge in [-0.15, -0.1) is 10.2 Å². The number of halogens is 4. The summed E-state index contributed by atoms with van der Waals surface area (Å²) in [5, 5.41) is 7.91. The van der Waals surface area contributed by atoms with Gasteiger partial charge < -0.3 is 4.90 Å². The van der Waals surface area contributed by atoms with Gasteiger partial charge in [0.15, 0.2) is 5.82 Å². The molecular formula is C20H26ClCoF3N6O2S+2. The van der Waals surface area contributed by atoms with Crippen molar-refractivity contribution in [3.63, 3.8) is 0 Å². The maximum atomic E-state index is 13.0. The van der Waals surface area contributed by atoms with Crippen molar-refractivity contribution in [2.24, 2.45) is 10.2 Å². The van der Waals surface area contributed by atoms with Crippen molar-refractivity contribution in [3.8, 4) is 0 Å². The van der Waals surface area contributed by atoms with Gasteiger partial charge in [0.25, 0.3) is 0 Å². The molecule has 34 heavy (non-hydrogen) atoms. The number of alkyl halides is 3. The zero-order valence-corrected chi connectivity index (χ0v) is 21.5. The van der Waals surface area contributed by atoms with Gasteiger partial charge in [-0.2, -0.15) is 21.6 Å². The molecule has 1 heterocycles. The Morgan fingerprint density at radius 1 is 1.09 bits per heavy atom. The predicted octanol–water partition coefficient (Wildman–Crippen LogP) is 6.52. The number of aryl methyl sites for hydroxylation is 1. The molecule has 0 aliphatic heterocycles. The van der Waals surface area contributed by atoms with Gasteiger partial charge in [0, 0.05) is 18.8 Å². The molecule has 0 saturated heterocycles. The van der Waals surface area contributed by atoms with Crippen LogP contribution in [-0.2, 0) is 26.8 Å². The van der Waals surface area contributed by atoms with E-state index in [1.807, 2.05) is 18.7 Å². The van der Waals surface area contributed by atoms with E-state index in [2.05, 4.69) is 20.2 Å². The van der Waals surface area contributed by atoms with E-state index in [0.29, 0.717) is 24.5 Å². The number of nitrogens with one attached hydrogen (secondary N) is 1. The molecule has 8 nitrogen and oxygen atoms in total. The van der Waals surface area contributed by atoms with Gasteiger partial charge in [-0.25, -0.2) is 9.97 Å². The molecule has 2 rings (SSSR count). The smallest absolute Gasteiger partial charge is 0.371 e. The molecule has 0 bridgehead atoms. The fourth-order valence-electron chi connectivity index (χ4n) is 2.78. The standard InChI is InChI=1S/C20H26ClF3N6O2S.Co/c1-4-6-10-30(11-7-5-2)15-8-9-16(17(12-15)29-33(31,32)20(22,23)24)27-28-19-18(21)14(3)25-13-26-19;/h8-9,12-13,29H,4-7,10-11H2,1-3H3;/q;+2. The first-order valence-electron chi connectivity index (χ1n) is 10.4. The van der Waals surface area contributed by atoms with Crippen LogP contribution in [-0.4, -0.2) is 37.0 Å². The van der Waals surface area contributed by atoms with Crippen molar-refractivity contribution in [1.29, 1.82) is 0 Å². The zero-order valence-electron chi connectivity index (χ0n) is 18.9. The minimum atomic E-state index is -5.67. The van der Waals surface area contributed by atoms with E-state index >= 15 is 0 Å². The first kappa shape index (κ1) is 30.1. The third kappa shape index (κ3) is 8.06. The molecule has 189 valence electrons. The quantitative estimate of drug-likeness (QED) is 0.313. The van der Waals surface area contributed by atoms with E-state index in [0.717, 1.165) is 25.7 Å². The van der Waals surface area contributed by atoms with Crippen molar-refractivity contribution in [2.75, 3.05) is 22.7 Å². The van der Waals surface area contributed by atoms with Crippen LogP contribution in [0, 0.1) is 6.92 Å². The molecule has 0 fully saturated rings. The number of azo groups is 1. The largest absolute Gasteiger partial charge is 2.00 e. The number of hydrogen-bond donors (Lipinski definition) is 1. The van der Waals surface area contributed by atoms with Crippen LogP contribution >= 0.6 is 11.6 Å². The van der Waals surface area contributed by atoms with Gasteiger partial charge in [0.05, 0.1) is 11.4 Å². The van der Waals surface area contributed by atoms with Crippen molar-refractivity contribution in [2.45, 2.75) is 52.0 Å². The third-order valence-electron chi connectivity index (χ3n) is 4.66. The topological polar surface area (TPSA) is 99.9 Å². The maximum absolute atomic E-state index is 13.0. The summed E-state index contributed by atoms with van der Waals surface area (Å²) >= 11 is 6.08. The Morgan fingerprint density at radius 2 is 1.71 bits per heavy atom. The molecule has 1 radical (unpaired) electrons. The van der Waals surface area contributed by atoms with E-state index in [1.54, 1.807) is 17.7 Å². The Bertz CT molecular complexity index is 1080. The molecule has 0 aliphatic carbocycles. The van der Waals surface area contributed by atoms with Crippen molar-refractivity contribution >= 4 is 44.5 Å². The molecule has 0 atom stereocenters. The Labute approximate surface area is 212 Å². The van der Waals surface area contributed by atoms with E-state index in [-0.39, 0.29) is 39.0 Å². The van der Waals surface area contributed by atoms with Crippen molar-refractivity contribution in [3.05, 3.63) is 35.2 Å².